The van der Waals surface area contributed by atoms with Crippen molar-refractivity contribution in [3.05, 3.63) is 46.0 Å². The van der Waals surface area contributed by atoms with Crippen molar-refractivity contribution in [2.45, 2.75) is 25.4 Å². The van der Waals surface area contributed by atoms with Crippen molar-refractivity contribution in [2.75, 3.05) is 11.1 Å². The summed E-state index contributed by atoms with van der Waals surface area (Å²) in [6.07, 6.45) is 0.849. The number of rotatable bonds is 5. The lowest BCUT2D eigenvalue weighted by Crippen LogP contribution is -2.15. The van der Waals surface area contributed by atoms with E-state index >= 15 is 0 Å². The predicted octanol–water partition coefficient (Wildman–Crippen LogP) is 2.26. The van der Waals surface area contributed by atoms with Gasteiger partial charge in [0, 0.05) is 12.7 Å². The van der Waals surface area contributed by atoms with Crippen LogP contribution in [0.4, 0.5) is 5.69 Å². The summed E-state index contributed by atoms with van der Waals surface area (Å²) in [5.41, 5.74) is 2.45. The van der Waals surface area contributed by atoms with Gasteiger partial charge < -0.3 is 14.9 Å². The Kier molecular flexibility index (Phi) is 4.89. The molecule has 8 heteroatoms. The molecule has 0 aliphatic rings. The Balaban J connectivity index is 1.74. The Morgan fingerprint density at radius 3 is 2.84 bits per heavy atom. The summed E-state index contributed by atoms with van der Waals surface area (Å²) < 4.78 is 1.73. The lowest BCUT2D eigenvalue weighted by atomic mass is 10.1. The molecule has 25 heavy (non-hydrogen) atoms. The van der Waals surface area contributed by atoms with Crippen LogP contribution in [-0.2, 0) is 18.3 Å². The van der Waals surface area contributed by atoms with Gasteiger partial charge in [-0.3, -0.25) is 9.59 Å². The van der Waals surface area contributed by atoms with Crippen molar-refractivity contribution in [3.63, 3.8) is 0 Å². The lowest BCUT2D eigenvalue weighted by Gasteiger charge is -2.09. The van der Waals surface area contributed by atoms with Crippen molar-refractivity contribution in [3.8, 4) is 0 Å². The van der Waals surface area contributed by atoms with Crippen molar-refractivity contribution in [1.29, 1.82) is 0 Å². The Morgan fingerprint density at radius 1 is 1.32 bits per heavy atom. The summed E-state index contributed by atoms with van der Waals surface area (Å²) in [6, 6.07) is 7.74. The van der Waals surface area contributed by atoms with Crippen LogP contribution < -0.4 is 10.9 Å². The van der Waals surface area contributed by atoms with Crippen LogP contribution in [0.3, 0.4) is 0 Å². The topological polar surface area (TPSA) is 92.7 Å². The first-order valence-corrected chi connectivity index (χ1v) is 8.92. The van der Waals surface area contributed by atoms with Gasteiger partial charge >= 0.3 is 0 Å². The van der Waals surface area contributed by atoms with E-state index in [2.05, 4.69) is 20.3 Å². The molecule has 0 saturated carbocycles. The second-order valence-corrected chi connectivity index (χ2v) is 6.57. The fraction of sp³-hybridized carbons (Fsp3) is 0.294. The third-order valence-electron chi connectivity index (χ3n) is 3.81. The van der Waals surface area contributed by atoms with E-state index in [1.807, 2.05) is 31.2 Å². The molecule has 2 aromatic heterocycles. The third-order valence-corrected chi connectivity index (χ3v) is 4.84. The lowest BCUT2D eigenvalue weighted by molar-refractivity contribution is -0.113. The largest absolute Gasteiger partial charge is 0.325 e. The van der Waals surface area contributed by atoms with E-state index in [1.165, 1.54) is 11.8 Å². The highest BCUT2D eigenvalue weighted by atomic mass is 32.2. The van der Waals surface area contributed by atoms with Crippen LogP contribution >= 0.6 is 11.8 Å². The molecule has 0 aliphatic carbocycles. The summed E-state index contributed by atoms with van der Waals surface area (Å²) in [7, 11) is 1.79. The van der Waals surface area contributed by atoms with Gasteiger partial charge in [0.05, 0.1) is 5.75 Å². The molecule has 0 saturated heterocycles. The van der Waals surface area contributed by atoms with Gasteiger partial charge in [-0.05, 0) is 25.0 Å². The van der Waals surface area contributed by atoms with Crippen LogP contribution in [-0.4, -0.2) is 31.2 Å². The smallest absolute Gasteiger partial charge is 0.279 e. The fourth-order valence-corrected chi connectivity index (χ4v) is 3.33. The van der Waals surface area contributed by atoms with Gasteiger partial charge in [-0.15, -0.1) is 0 Å². The van der Waals surface area contributed by atoms with E-state index in [9.17, 15) is 9.59 Å². The number of aromatic amines is 1. The number of hydrogen-bond acceptors (Lipinski definition) is 5. The number of benzene rings is 1. The number of hydrogen-bond donors (Lipinski definition) is 2. The standard InChI is InChI=1S/C17H19N5O2S/c1-4-11-7-5-6-8-12(11)20-13(23)9-25-17-21-14-15(22(17)3)18-10(2)19-16(14)24/h5-8H,4,9H2,1-3H3,(H,20,23)(H,18,19,24). The first-order chi connectivity index (χ1) is 12.0. The molecule has 7 nitrogen and oxygen atoms in total. The number of fused-ring (bicyclic) bond motifs is 1. The van der Waals surface area contributed by atoms with Gasteiger partial charge in [-0.2, -0.15) is 0 Å². The summed E-state index contributed by atoms with van der Waals surface area (Å²) in [5.74, 6) is 0.619. The number of amides is 1. The molecule has 0 bridgehead atoms. The van der Waals surface area contributed by atoms with Crippen molar-refractivity contribution >= 4 is 34.5 Å². The number of nitrogens with one attached hydrogen (secondary N) is 2. The molecule has 130 valence electrons. The number of nitrogens with zero attached hydrogens (tertiary/aromatic N) is 3. The number of carbonyl (C=O) groups is 1. The molecule has 0 unspecified atom stereocenters. The van der Waals surface area contributed by atoms with Gasteiger partial charge in [0.25, 0.3) is 5.56 Å². The number of imidazole rings is 1. The second-order valence-electron chi connectivity index (χ2n) is 5.62. The van der Waals surface area contributed by atoms with E-state index in [1.54, 1.807) is 18.5 Å². The number of carbonyl (C=O) groups excluding carboxylic acids is 1. The highest BCUT2D eigenvalue weighted by Gasteiger charge is 2.15. The minimum Gasteiger partial charge on any atom is -0.325 e. The average Bonchev–Trinajstić information content (AvgIpc) is 2.90. The molecule has 0 fully saturated rings. The maximum absolute atomic E-state index is 12.2. The fourth-order valence-electron chi connectivity index (χ4n) is 2.56. The molecule has 3 aromatic rings. The van der Waals surface area contributed by atoms with Gasteiger partial charge in [0.2, 0.25) is 5.91 Å². The van der Waals surface area contributed by atoms with Crippen LogP contribution in [0.15, 0.2) is 34.2 Å². The number of thioether (sulfide) groups is 1. The van der Waals surface area contributed by atoms with Crippen LogP contribution in [0.2, 0.25) is 0 Å². The minimum absolute atomic E-state index is 0.115. The molecule has 2 heterocycles. The molecule has 0 spiro atoms. The summed E-state index contributed by atoms with van der Waals surface area (Å²) >= 11 is 1.28. The Labute approximate surface area is 148 Å². The van der Waals surface area contributed by atoms with Crippen molar-refractivity contribution in [2.24, 2.45) is 7.05 Å². The SMILES string of the molecule is CCc1ccccc1NC(=O)CSc1nc2c(=O)[nH]c(C)nc2n1C. The van der Waals surface area contributed by atoms with E-state index < -0.39 is 0 Å². The Hall–Kier alpha value is -2.61. The normalized spacial score (nSPS) is 11.0. The molecule has 1 amide bonds. The van der Waals surface area contributed by atoms with Crippen LogP contribution in [0.1, 0.15) is 18.3 Å². The van der Waals surface area contributed by atoms with Crippen molar-refractivity contribution < 1.29 is 4.79 Å². The van der Waals surface area contributed by atoms with E-state index in [0.717, 1.165) is 17.7 Å². The molecule has 0 atom stereocenters. The quantitative estimate of drug-likeness (QED) is 0.683. The Bertz CT molecular complexity index is 992. The Morgan fingerprint density at radius 2 is 2.08 bits per heavy atom. The molecular weight excluding hydrogens is 338 g/mol. The number of anilines is 1. The zero-order chi connectivity index (χ0) is 18.0. The summed E-state index contributed by atoms with van der Waals surface area (Å²) in [6.45, 7) is 3.77. The summed E-state index contributed by atoms with van der Waals surface area (Å²) in [4.78, 5) is 35.4. The van der Waals surface area contributed by atoms with Crippen LogP contribution in [0.5, 0.6) is 0 Å². The van der Waals surface area contributed by atoms with E-state index in [4.69, 9.17) is 0 Å². The van der Waals surface area contributed by atoms with E-state index in [0.29, 0.717) is 16.6 Å². The summed E-state index contributed by atoms with van der Waals surface area (Å²) in [5, 5.41) is 3.51. The molecule has 3 rings (SSSR count). The molecule has 1 aromatic carbocycles. The monoisotopic (exact) mass is 357 g/mol. The number of aryl methyl sites for hydroxylation is 3. The number of aromatic nitrogens is 4. The third kappa shape index (κ3) is 3.58. The predicted molar refractivity (Wildman–Crippen MR) is 99.0 cm³/mol. The van der Waals surface area contributed by atoms with Gasteiger partial charge in [0.1, 0.15) is 5.82 Å². The van der Waals surface area contributed by atoms with Crippen molar-refractivity contribution in [1.82, 2.24) is 19.5 Å². The van der Waals surface area contributed by atoms with Crippen LogP contribution in [0, 0.1) is 6.92 Å². The average molecular weight is 357 g/mol. The van der Waals surface area contributed by atoms with Gasteiger partial charge in [-0.1, -0.05) is 36.9 Å². The zero-order valence-electron chi connectivity index (χ0n) is 14.3. The molecule has 2 N–H and O–H groups in total. The number of para-hydroxylation sites is 1. The van der Waals surface area contributed by atoms with Crippen LogP contribution in [0.25, 0.3) is 11.2 Å². The maximum atomic E-state index is 12.2. The molecular formula is C17H19N5O2S. The molecule has 0 aliphatic heterocycles. The molecule has 0 radical (unpaired) electrons. The first-order valence-electron chi connectivity index (χ1n) is 7.93. The highest BCUT2D eigenvalue weighted by molar-refractivity contribution is 7.99. The zero-order valence-corrected chi connectivity index (χ0v) is 15.1. The van der Waals surface area contributed by atoms with E-state index in [-0.39, 0.29) is 22.7 Å². The van der Waals surface area contributed by atoms with Gasteiger partial charge in [0.15, 0.2) is 16.3 Å². The minimum atomic E-state index is -0.272. The second kappa shape index (κ2) is 7.10. The first kappa shape index (κ1) is 17.2. The maximum Gasteiger partial charge on any atom is 0.279 e. The highest BCUT2D eigenvalue weighted by Crippen LogP contribution is 2.21. The number of H-pyrrole nitrogens is 1. The van der Waals surface area contributed by atoms with Gasteiger partial charge in [-0.25, -0.2) is 9.97 Å².